The van der Waals surface area contributed by atoms with Crippen LogP contribution in [0.1, 0.15) is 11.1 Å². The summed E-state index contributed by atoms with van der Waals surface area (Å²) in [4.78, 5) is 13.6. The zero-order valence-electron chi connectivity index (χ0n) is 16.8. The lowest BCUT2D eigenvalue weighted by Gasteiger charge is -2.12. The van der Waals surface area contributed by atoms with Gasteiger partial charge in [-0.15, -0.1) is 5.54 Å². The molecule has 5 nitrogen and oxygen atoms in total. The van der Waals surface area contributed by atoms with Gasteiger partial charge in [0.15, 0.2) is 0 Å². The van der Waals surface area contributed by atoms with Gasteiger partial charge in [-0.05, 0) is 23.8 Å². The summed E-state index contributed by atoms with van der Waals surface area (Å²) in [6, 6.07) is 16.4. The van der Waals surface area contributed by atoms with E-state index in [-0.39, 0.29) is 0 Å². The molecule has 144 valence electrons. The first-order valence-corrected chi connectivity index (χ1v) is 13.1. The second-order valence-corrected chi connectivity index (χ2v) is 12.7. The maximum Gasteiger partial charge on any atom is 0.237 e. The summed E-state index contributed by atoms with van der Waals surface area (Å²) in [5.41, 5.74) is 6.48. The van der Waals surface area contributed by atoms with E-state index in [1.807, 2.05) is 41.1 Å². The van der Waals surface area contributed by atoms with Gasteiger partial charge >= 0.3 is 0 Å². The van der Waals surface area contributed by atoms with Crippen LogP contribution in [0.15, 0.2) is 67.3 Å². The van der Waals surface area contributed by atoms with Crippen molar-refractivity contribution >= 4 is 24.8 Å². The maximum absolute atomic E-state index is 4.77. The minimum absolute atomic E-state index is 0.589. The number of imidazole rings is 1. The summed E-state index contributed by atoms with van der Waals surface area (Å²) in [6.45, 7) is 7.42. The van der Waals surface area contributed by atoms with E-state index in [1.165, 1.54) is 5.56 Å². The van der Waals surface area contributed by atoms with Gasteiger partial charge in [-0.25, -0.2) is 9.97 Å². The number of nitrogens with one attached hydrogen (secondary N) is 1. The van der Waals surface area contributed by atoms with Crippen molar-refractivity contribution in [2.75, 3.05) is 5.32 Å². The van der Waals surface area contributed by atoms with Gasteiger partial charge in [-0.3, -0.25) is 4.57 Å². The lowest BCUT2D eigenvalue weighted by atomic mass is 10.1. The van der Waals surface area contributed by atoms with Gasteiger partial charge < -0.3 is 5.32 Å². The van der Waals surface area contributed by atoms with Gasteiger partial charge in [0.25, 0.3) is 0 Å². The topological polar surface area (TPSA) is 55.6 Å². The van der Waals surface area contributed by atoms with Crippen LogP contribution in [0.2, 0.25) is 19.6 Å². The first-order valence-electron chi connectivity index (χ1n) is 9.59. The molecule has 4 rings (SSSR count). The summed E-state index contributed by atoms with van der Waals surface area (Å²) < 4.78 is 1.81. The van der Waals surface area contributed by atoms with Crippen molar-refractivity contribution < 1.29 is 0 Å². The highest BCUT2D eigenvalue weighted by atomic mass is 28.3. The second kappa shape index (κ2) is 7.90. The molecule has 2 aromatic carbocycles. The molecule has 0 atom stereocenters. The Morgan fingerprint density at radius 1 is 1.03 bits per heavy atom. The average Bonchev–Trinajstić information content (AvgIpc) is 3.25. The van der Waals surface area contributed by atoms with Gasteiger partial charge in [0.05, 0.1) is 5.52 Å². The number of aromatic nitrogens is 4. The maximum atomic E-state index is 4.77. The summed E-state index contributed by atoms with van der Waals surface area (Å²) in [6.07, 6.45) is 5.27. The highest BCUT2D eigenvalue weighted by molar-refractivity contribution is 6.83. The third-order valence-electron chi connectivity index (χ3n) is 4.30. The van der Waals surface area contributed by atoms with Gasteiger partial charge in [-0.1, -0.05) is 55.9 Å². The fourth-order valence-electron chi connectivity index (χ4n) is 2.86. The fourth-order valence-corrected chi connectivity index (χ4v) is 3.38. The molecule has 0 aliphatic rings. The third kappa shape index (κ3) is 4.70. The number of hydrogen-bond donors (Lipinski definition) is 1. The normalized spacial score (nSPS) is 11.1. The van der Waals surface area contributed by atoms with Crippen LogP contribution in [0.25, 0.3) is 16.9 Å². The predicted molar refractivity (Wildman–Crippen MR) is 121 cm³/mol. The molecule has 0 radical (unpaired) electrons. The van der Waals surface area contributed by atoms with Gasteiger partial charge in [0, 0.05) is 29.9 Å². The number of anilines is 1. The number of benzene rings is 2. The molecular weight excluding hydrogens is 374 g/mol. The monoisotopic (exact) mass is 397 g/mol. The second-order valence-electron chi connectivity index (χ2n) is 7.91. The van der Waals surface area contributed by atoms with Crippen LogP contribution < -0.4 is 5.32 Å². The molecule has 0 unspecified atom stereocenters. The van der Waals surface area contributed by atoms with Crippen molar-refractivity contribution in [2.24, 2.45) is 0 Å². The van der Waals surface area contributed by atoms with E-state index in [4.69, 9.17) is 9.97 Å². The summed E-state index contributed by atoms with van der Waals surface area (Å²) in [5, 5.41) is 4.45. The molecule has 2 aromatic heterocycles. The molecule has 0 bridgehead atoms. The minimum Gasteiger partial charge on any atom is -0.365 e. The molecule has 0 saturated carbocycles. The minimum atomic E-state index is -1.44. The van der Waals surface area contributed by atoms with Crippen LogP contribution in [-0.4, -0.2) is 27.6 Å². The Labute approximate surface area is 171 Å². The molecule has 0 amide bonds. The first kappa shape index (κ1) is 18.9. The lowest BCUT2D eigenvalue weighted by Crippen LogP contribution is -2.16. The Balaban J connectivity index is 1.77. The van der Waals surface area contributed by atoms with Crippen LogP contribution in [0, 0.1) is 11.5 Å². The van der Waals surface area contributed by atoms with Crippen LogP contribution >= 0.6 is 0 Å². The Hall–Kier alpha value is -3.43. The van der Waals surface area contributed by atoms with Crippen molar-refractivity contribution in [2.45, 2.75) is 26.2 Å². The Kier molecular flexibility index (Phi) is 5.15. The van der Waals surface area contributed by atoms with Crippen LogP contribution in [-0.2, 0) is 6.54 Å². The molecule has 6 heteroatoms. The van der Waals surface area contributed by atoms with Crippen molar-refractivity contribution in [1.29, 1.82) is 0 Å². The molecule has 0 saturated heterocycles. The number of hydrogen-bond acceptors (Lipinski definition) is 4. The average molecular weight is 398 g/mol. The van der Waals surface area contributed by atoms with Gasteiger partial charge in [-0.2, -0.15) is 4.98 Å². The molecule has 4 aromatic rings. The molecular formula is C23H23N5Si. The van der Waals surface area contributed by atoms with Gasteiger partial charge in [0.1, 0.15) is 20.2 Å². The quantitative estimate of drug-likeness (QED) is 0.402. The van der Waals surface area contributed by atoms with Crippen molar-refractivity contribution in [3.05, 3.63) is 78.4 Å². The molecule has 0 fully saturated rings. The lowest BCUT2D eigenvalue weighted by molar-refractivity contribution is 0.936. The van der Waals surface area contributed by atoms with E-state index in [0.29, 0.717) is 12.5 Å². The molecule has 29 heavy (non-hydrogen) atoms. The Bertz CT molecular complexity index is 1180. The number of rotatable bonds is 4. The first-order chi connectivity index (χ1) is 14.0. The van der Waals surface area contributed by atoms with Crippen molar-refractivity contribution in [1.82, 2.24) is 19.5 Å². The highest BCUT2D eigenvalue weighted by Gasteiger charge is 2.11. The van der Waals surface area contributed by atoms with Crippen LogP contribution in [0.5, 0.6) is 0 Å². The summed E-state index contributed by atoms with van der Waals surface area (Å²) in [5.74, 6) is 4.71. The molecule has 0 spiro atoms. The SMILES string of the molecule is C[Si](C)(C)C#Cc1ccc2nc(-n3ccnc3)nc(NCc3ccccc3)c2c1. The zero-order chi connectivity index (χ0) is 20.3. The van der Waals surface area contributed by atoms with E-state index < -0.39 is 8.07 Å². The van der Waals surface area contributed by atoms with E-state index in [0.717, 1.165) is 22.3 Å². The number of fused-ring (bicyclic) bond motifs is 1. The molecule has 1 N–H and O–H groups in total. The summed E-state index contributed by atoms with van der Waals surface area (Å²) in [7, 11) is -1.44. The van der Waals surface area contributed by atoms with Crippen LogP contribution in [0.4, 0.5) is 5.82 Å². The Morgan fingerprint density at radius 2 is 1.86 bits per heavy atom. The molecule has 0 aliphatic carbocycles. The smallest absolute Gasteiger partial charge is 0.237 e. The van der Waals surface area contributed by atoms with E-state index in [1.54, 1.807) is 12.5 Å². The fraction of sp³-hybridized carbons (Fsp3) is 0.174. The molecule has 2 heterocycles. The standard InChI is InChI=1S/C23H23N5Si/c1-29(2,3)14-11-18-9-10-21-20(15-18)22(25-16-19-7-5-4-6-8-19)27-23(26-21)28-13-12-24-17-28/h4-10,12-13,15,17H,16H2,1-3H3,(H,25,26,27). The third-order valence-corrected chi connectivity index (χ3v) is 5.18. The molecule has 0 aliphatic heterocycles. The van der Waals surface area contributed by atoms with Crippen molar-refractivity contribution in [3.63, 3.8) is 0 Å². The van der Waals surface area contributed by atoms with E-state index in [9.17, 15) is 0 Å². The predicted octanol–water partition coefficient (Wildman–Crippen LogP) is 4.66. The summed E-state index contributed by atoms with van der Waals surface area (Å²) >= 11 is 0. The van der Waals surface area contributed by atoms with E-state index >= 15 is 0 Å². The largest absolute Gasteiger partial charge is 0.365 e. The van der Waals surface area contributed by atoms with Crippen molar-refractivity contribution in [3.8, 4) is 17.4 Å². The van der Waals surface area contributed by atoms with Crippen LogP contribution in [0.3, 0.4) is 0 Å². The highest BCUT2D eigenvalue weighted by Crippen LogP contribution is 2.23. The Morgan fingerprint density at radius 3 is 2.59 bits per heavy atom. The zero-order valence-corrected chi connectivity index (χ0v) is 17.8. The number of nitrogens with zero attached hydrogens (tertiary/aromatic N) is 4. The van der Waals surface area contributed by atoms with E-state index in [2.05, 4.69) is 59.6 Å². The van der Waals surface area contributed by atoms with Gasteiger partial charge in [0.2, 0.25) is 5.95 Å².